The molecule has 0 unspecified atom stereocenters. The number of halogens is 3. The molecule has 2 rings (SSSR count). The van der Waals surface area contributed by atoms with Crippen LogP contribution in [0.2, 0.25) is 0 Å². The summed E-state index contributed by atoms with van der Waals surface area (Å²) in [6.07, 6.45) is -4.48. The molecule has 2 N–H and O–H groups in total. The van der Waals surface area contributed by atoms with Gasteiger partial charge in [0.05, 0.1) is 16.8 Å². The van der Waals surface area contributed by atoms with Crippen LogP contribution >= 0.6 is 11.3 Å². The van der Waals surface area contributed by atoms with Crippen molar-refractivity contribution in [3.63, 3.8) is 0 Å². The third-order valence-electron chi connectivity index (χ3n) is 2.33. The molecule has 0 radical (unpaired) electrons. The maximum absolute atomic E-state index is 12.7. The van der Waals surface area contributed by atoms with Crippen LogP contribution in [0.5, 0.6) is 0 Å². The molecular weight excluding hydrogens is 277 g/mol. The van der Waals surface area contributed by atoms with E-state index in [0.717, 1.165) is 6.07 Å². The normalized spacial score (nSPS) is 11.1. The number of anilines is 1. The van der Waals surface area contributed by atoms with E-state index in [9.17, 15) is 18.0 Å². The predicted octanol–water partition coefficient (Wildman–Crippen LogP) is 3.52. The molecule has 0 saturated heterocycles. The average molecular weight is 286 g/mol. The Balaban J connectivity index is 2.10. The summed E-state index contributed by atoms with van der Waals surface area (Å²) in [6, 6.07) is 6.51. The molecule has 1 heterocycles. The number of hydrazine groups is 1. The lowest BCUT2D eigenvalue weighted by molar-refractivity contribution is -0.137. The molecule has 0 fully saturated rings. The molecule has 1 amide bonds. The number of hydrogen-bond donors (Lipinski definition) is 2. The van der Waals surface area contributed by atoms with Crippen LogP contribution in [0.3, 0.4) is 0 Å². The van der Waals surface area contributed by atoms with Crippen LogP contribution in [0.15, 0.2) is 41.1 Å². The van der Waals surface area contributed by atoms with Crippen LogP contribution in [-0.2, 0) is 6.18 Å². The third-order valence-corrected chi connectivity index (χ3v) is 3.01. The van der Waals surface area contributed by atoms with E-state index in [0.29, 0.717) is 5.56 Å². The van der Waals surface area contributed by atoms with E-state index in [4.69, 9.17) is 0 Å². The minimum atomic E-state index is -4.48. The van der Waals surface area contributed by atoms with E-state index in [1.54, 1.807) is 16.8 Å². The highest BCUT2D eigenvalue weighted by Crippen LogP contribution is 2.34. The summed E-state index contributed by atoms with van der Waals surface area (Å²) in [4.78, 5) is 11.6. The summed E-state index contributed by atoms with van der Waals surface area (Å²) >= 11 is 1.33. The highest BCUT2D eigenvalue weighted by atomic mass is 32.1. The number of para-hydroxylation sites is 1. The summed E-state index contributed by atoms with van der Waals surface area (Å²) in [5.74, 6) is -0.488. The minimum absolute atomic E-state index is 0.196. The third kappa shape index (κ3) is 3.25. The molecule has 2 aromatic rings. The van der Waals surface area contributed by atoms with Gasteiger partial charge in [-0.15, -0.1) is 0 Å². The van der Waals surface area contributed by atoms with Crippen LogP contribution in [0.1, 0.15) is 15.9 Å². The zero-order valence-electron chi connectivity index (χ0n) is 9.49. The largest absolute Gasteiger partial charge is 0.418 e. The summed E-state index contributed by atoms with van der Waals surface area (Å²) in [5, 5.41) is 3.31. The maximum atomic E-state index is 12.7. The van der Waals surface area contributed by atoms with Gasteiger partial charge in [0.1, 0.15) is 0 Å². The van der Waals surface area contributed by atoms with Crippen molar-refractivity contribution < 1.29 is 18.0 Å². The SMILES string of the molecule is O=C(NNc1ccccc1C(F)(F)F)c1ccsc1. The Morgan fingerprint density at radius 3 is 2.53 bits per heavy atom. The Morgan fingerprint density at radius 2 is 1.89 bits per heavy atom. The fourth-order valence-corrected chi connectivity index (χ4v) is 2.07. The van der Waals surface area contributed by atoms with Crippen molar-refractivity contribution in [3.8, 4) is 0 Å². The second-order valence-electron chi connectivity index (χ2n) is 3.63. The topological polar surface area (TPSA) is 41.1 Å². The quantitative estimate of drug-likeness (QED) is 0.848. The molecule has 100 valence electrons. The number of carbonyl (C=O) groups excluding carboxylic acids is 1. The van der Waals surface area contributed by atoms with Crippen LogP contribution < -0.4 is 10.9 Å². The first-order valence-electron chi connectivity index (χ1n) is 5.23. The Kier molecular flexibility index (Phi) is 3.75. The Bertz CT molecular complexity index is 567. The second kappa shape index (κ2) is 5.31. The molecule has 0 atom stereocenters. The fraction of sp³-hybridized carbons (Fsp3) is 0.0833. The monoisotopic (exact) mass is 286 g/mol. The highest BCUT2D eigenvalue weighted by Gasteiger charge is 2.33. The van der Waals surface area contributed by atoms with Gasteiger partial charge >= 0.3 is 6.18 Å². The van der Waals surface area contributed by atoms with Gasteiger partial charge in [-0.3, -0.25) is 15.6 Å². The Morgan fingerprint density at radius 1 is 1.16 bits per heavy atom. The molecule has 0 aliphatic heterocycles. The van der Waals surface area contributed by atoms with E-state index in [1.165, 1.54) is 29.5 Å². The molecular formula is C12H9F3N2OS. The zero-order valence-corrected chi connectivity index (χ0v) is 10.3. The molecule has 0 spiro atoms. The molecule has 0 bridgehead atoms. The molecule has 3 nitrogen and oxygen atoms in total. The average Bonchev–Trinajstić information content (AvgIpc) is 2.89. The number of hydrogen-bond acceptors (Lipinski definition) is 3. The zero-order chi connectivity index (χ0) is 13.9. The van der Waals surface area contributed by atoms with Crippen molar-refractivity contribution in [1.29, 1.82) is 0 Å². The van der Waals surface area contributed by atoms with Crippen molar-refractivity contribution >= 4 is 22.9 Å². The number of thiophene rings is 1. The van der Waals surface area contributed by atoms with Gasteiger partial charge in [0, 0.05) is 5.38 Å². The van der Waals surface area contributed by atoms with E-state index in [2.05, 4.69) is 10.9 Å². The van der Waals surface area contributed by atoms with Gasteiger partial charge < -0.3 is 0 Å². The number of rotatable bonds is 3. The van der Waals surface area contributed by atoms with Crippen LogP contribution in [0.25, 0.3) is 0 Å². The van der Waals surface area contributed by atoms with Gasteiger partial charge in [0.2, 0.25) is 0 Å². The van der Waals surface area contributed by atoms with Crippen molar-refractivity contribution in [2.24, 2.45) is 0 Å². The molecule has 1 aromatic heterocycles. The number of nitrogens with one attached hydrogen (secondary N) is 2. The van der Waals surface area contributed by atoms with Crippen molar-refractivity contribution in [2.45, 2.75) is 6.18 Å². The van der Waals surface area contributed by atoms with Crippen LogP contribution in [0, 0.1) is 0 Å². The van der Waals surface area contributed by atoms with E-state index < -0.39 is 17.6 Å². The lowest BCUT2D eigenvalue weighted by atomic mass is 10.2. The first-order valence-corrected chi connectivity index (χ1v) is 6.17. The molecule has 7 heteroatoms. The maximum Gasteiger partial charge on any atom is 0.418 e. The van der Waals surface area contributed by atoms with Crippen molar-refractivity contribution in [1.82, 2.24) is 5.43 Å². The van der Waals surface area contributed by atoms with E-state index >= 15 is 0 Å². The Labute approximate surface area is 111 Å². The van der Waals surface area contributed by atoms with Crippen molar-refractivity contribution in [2.75, 3.05) is 5.43 Å². The van der Waals surface area contributed by atoms with E-state index in [1.807, 2.05) is 0 Å². The van der Waals surface area contributed by atoms with Gasteiger partial charge in [-0.05, 0) is 23.6 Å². The van der Waals surface area contributed by atoms with Gasteiger partial charge in [0.15, 0.2) is 0 Å². The van der Waals surface area contributed by atoms with Gasteiger partial charge in [-0.1, -0.05) is 12.1 Å². The smallest absolute Gasteiger partial charge is 0.298 e. The second-order valence-corrected chi connectivity index (χ2v) is 4.41. The standard InChI is InChI=1S/C12H9F3N2OS/c13-12(14,15)9-3-1-2-4-10(9)16-17-11(18)8-5-6-19-7-8/h1-7,16H,(H,17,18). The number of benzene rings is 1. The lowest BCUT2D eigenvalue weighted by Crippen LogP contribution is -2.30. The van der Waals surface area contributed by atoms with Gasteiger partial charge in [-0.25, -0.2) is 0 Å². The summed E-state index contributed by atoms with van der Waals surface area (Å²) in [6.45, 7) is 0. The predicted molar refractivity (Wildman–Crippen MR) is 66.9 cm³/mol. The first kappa shape index (κ1) is 13.4. The highest BCUT2D eigenvalue weighted by molar-refractivity contribution is 7.08. The summed E-state index contributed by atoms with van der Waals surface area (Å²) in [7, 11) is 0. The Hall–Kier alpha value is -2.02. The number of amides is 1. The number of carbonyl (C=O) groups is 1. The number of alkyl halides is 3. The van der Waals surface area contributed by atoms with E-state index in [-0.39, 0.29) is 5.69 Å². The molecule has 1 aromatic carbocycles. The minimum Gasteiger partial charge on any atom is -0.298 e. The molecule has 0 aliphatic rings. The fourth-order valence-electron chi connectivity index (χ4n) is 1.43. The molecule has 0 saturated carbocycles. The summed E-state index contributed by atoms with van der Waals surface area (Å²) < 4.78 is 38.1. The van der Waals surface area contributed by atoms with Gasteiger partial charge in [0.25, 0.3) is 5.91 Å². The molecule has 19 heavy (non-hydrogen) atoms. The molecule has 0 aliphatic carbocycles. The van der Waals surface area contributed by atoms with Crippen LogP contribution in [0.4, 0.5) is 18.9 Å². The lowest BCUT2D eigenvalue weighted by Gasteiger charge is -2.14. The summed E-state index contributed by atoms with van der Waals surface area (Å²) in [5.41, 5.74) is 3.89. The first-order chi connectivity index (χ1) is 8.98. The van der Waals surface area contributed by atoms with Crippen molar-refractivity contribution in [3.05, 3.63) is 52.2 Å². The van der Waals surface area contributed by atoms with Crippen LogP contribution in [-0.4, -0.2) is 5.91 Å². The van der Waals surface area contributed by atoms with Gasteiger partial charge in [-0.2, -0.15) is 24.5 Å².